The fraction of sp³-hybridized carbons (Fsp3) is 1.00. The minimum Gasteiger partial charge on any atom is -0.241 e. The van der Waals surface area contributed by atoms with Crippen molar-refractivity contribution >= 4 is 0 Å². The molecule has 0 aromatic rings. The minimum atomic E-state index is -6.09. The summed E-state index contributed by atoms with van der Waals surface area (Å²) in [6, 6.07) is 0. The fourth-order valence-electron chi connectivity index (χ4n) is 0.806. The molecule has 15 heavy (non-hydrogen) atoms. The first-order valence-electron chi connectivity index (χ1n) is 3.90. The predicted molar refractivity (Wildman–Crippen MR) is 35.8 cm³/mol. The fourth-order valence-corrected chi connectivity index (χ4v) is 0.806. The topological polar surface area (TPSA) is 0 Å². The molecule has 0 saturated heterocycles. The van der Waals surface area contributed by atoms with Crippen molar-refractivity contribution in [3.05, 3.63) is 0 Å². The summed E-state index contributed by atoms with van der Waals surface area (Å²) in [5.41, 5.74) is 0. The van der Waals surface area contributed by atoms with E-state index in [4.69, 9.17) is 0 Å². The van der Waals surface area contributed by atoms with Gasteiger partial charge in [0.05, 0.1) is 6.42 Å². The average Bonchev–Trinajstić information content (AvgIpc) is 1.98. The third-order valence-corrected chi connectivity index (χ3v) is 1.69. The van der Waals surface area contributed by atoms with Gasteiger partial charge in [0.15, 0.2) is 6.17 Å². The van der Waals surface area contributed by atoms with E-state index in [1.165, 1.54) is 0 Å². The molecular weight excluding hydrogens is 236 g/mol. The van der Waals surface area contributed by atoms with Gasteiger partial charge in [-0.15, -0.1) is 0 Å². The van der Waals surface area contributed by atoms with Gasteiger partial charge in [0.1, 0.15) is 0 Å². The van der Waals surface area contributed by atoms with Crippen LogP contribution in [0.2, 0.25) is 0 Å². The summed E-state index contributed by atoms with van der Waals surface area (Å²) in [6.07, 6.45) is -12.8. The van der Waals surface area contributed by atoms with Gasteiger partial charge in [0.25, 0.3) is 5.92 Å². The molecule has 0 radical (unpaired) electrons. The van der Waals surface area contributed by atoms with Crippen LogP contribution in [0, 0.1) is 0 Å². The molecule has 0 aliphatic rings. The molecule has 92 valence electrons. The van der Waals surface area contributed by atoms with Gasteiger partial charge < -0.3 is 0 Å². The maximum atomic E-state index is 12.5. The largest absolute Gasteiger partial charge is 0.453 e. The van der Waals surface area contributed by atoms with Crippen LogP contribution in [-0.4, -0.2) is 24.2 Å². The van der Waals surface area contributed by atoms with Crippen molar-refractivity contribution in [1.82, 2.24) is 0 Å². The monoisotopic (exact) mass is 244 g/mol. The Kier molecular flexibility index (Phi) is 3.98. The van der Waals surface area contributed by atoms with Crippen LogP contribution in [-0.2, 0) is 0 Å². The minimum absolute atomic E-state index is 0.832. The number of alkyl halides is 8. The lowest BCUT2D eigenvalue weighted by Crippen LogP contribution is -2.45. The molecule has 0 rings (SSSR count). The van der Waals surface area contributed by atoms with E-state index in [1.54, 1.807) is 0 Å². The molecule has 0 N–H and O–H groups in total. The van der Waals surface area contributed by atoms with Crippen molar-refractivity contribution in [2.45, 2.75) is 44.0 Å². The van der Waals surface area contributed by atoms with Crippen molar-refractivity contribution in [3.63, 3.8) is 0 Å². The lowest BCUT2D eigenvalue weighted by molar-refractivity contribution is -0.304. The molecule has 0 saturated carbocycles. The van der Waals surface area contributed by atoms with Crippen molar-refractivity contribution in [3.8, 4) is 0 Å². The van der Waals surface area contributed by atoms with Crippen LogP contribution in [0.15, 0.2) is 0 Å². The lowest BCUT2D eigenvalue weighted by Gasteiger charge is -2.26. The number of halogens is 8. The van der Waals surface area contributed by atoms with Gasteiger partial charge in [-0.05, 0) is 6.42 Å². The Morgan fingerprint density at radius 3 is 1.60 bits per heavy atom. The molecule has 0 amide bonds. The summed E-state index contributed by atoms with van der Waals surface area (Å²) < 4.78 is 96.2. The van der Waals surface area contributed by atoms with Crippen molar-refractivity contribution < 1.29 is 35.1 Å². The smallest absolute Gasteiger partial charge is 0.241 e. The van der Waals surface area contributed by atoms with E-state index < -0.39 is 37.0 Å². The Bertz CT molecular complexity index is 206. The molecule has 8 heteroatoms. The second-order valence-electron chi connectivity index (χ2n) is 3.02. The van der Waals surface area contributed by atoms with Crippen molar-refractivity contribution in [1.29, 1.82) is 0 Å². The Hall–Kier alpha value is -0.560. The van der Waals surface area contributed by atoms with Gasteiger partial charge in [-0.2, -0.15) is 22.0 Å². The van der Waals surface area contributed by atoms with Gasteiger partial charge in [0, 0.05) is 0 Å². The Morgan fingerprint density at radius 1 is 0.933 bits per heavy atom. The third-order valence-electron chi connectivity index (χ3n) is 1.69. The summed E-state index contributed by atoms with van der Waals surface area (Å²) >= 11 is 0. The lowest BCUT2D eigenvalue weighted by atomic mass is 10.0. The van der Waals surface area contributed by atoms with Crippen LogP contribution >= 0.6 is 0 Å². The van der Waals surface area contributed by atoms with Crippen LogP contribution in [0.4, 0.5) is 35.1 Å². The zero-order chi connectivity index (χ0) is 12.5. The number of hydrogen-bond acceptors (Lipinski definition) is 0. The molecule has 0 aliphatic heterocycles. The molecule has 0 unspecified atom stereocenters. The zero-order valence-corrected chi connectivity index (χ0v) is 7.52. The quantitative estimate of drug-likeness (QED) is 0.656. The van der Waals surface area contributed by atoms with Crippen LogP contribution in [0.5, 0.6) is 0 Å². The van der Waals surface area contributed by atoms with E-state index in [9.17, 15) is 35.1 Å². The van der Waals surface area contributed by atoms with Gasteiger partial charge in [0.2, 0.25) is 0 Å². The average molecular weight is 244 g/mol. The van der Waals surface area contributed by atoms with Crippen LogP contribution in [0.25, 0.3) is 0 Å². The van der Waals surface area contributed by atoms with Crippen molar-refractivity contribution in [2.24, 2.45) is 0 Å². The van der Waals surface area contributed by atoms with E-state index in [0.29, 0.717) is 0 Å². The summed E-state index contributed by atoms with van der Waals surface area (Å²) in [6.45, 7) is 0.921. The third kappa shape index (κ3) is 3.49. The van der Waals surface area contributed by atoms with Gasteiger partial charge in [-0.25, -0.2) is 13.2 Å². The SMILES string of the molecule is CC[C@H](F)C(F)(F)CC(F)(F)C(F)(F)F. The molecule has 0 spiro atoms. The second-order valence-corrected chi connectivity index (χ2v) is 3.02. The van der Waals surface area contributed by atoms with Gasteiger partial charge >= 0.3 is 12.1 Å². The molecule has 0 aromatic heterocycles. The first-order chi connectivity index (χ1) is 6.44. The summed E-state index contributed by atoms with van der Waals surface area (Å²) in [5.74, 6) is -10.3. The highest BCUT2D eigenvalue weighted by molar-refractivity contribution is 4.87. The molecule has 1 atom stereocenters. The maximum Gasteiger partial charge on any atom is 0.453 e. The molecule has 0 aromatic carbocycles. The van der Waals surface area contributed by atoms with Crippen LogP contribution < -0.4 is 0 Å². The molecule has 0 fully saturated rings. The number of hydrogen-bond donors (Lipinski definition) is 0. The molecule has 0 aliphatic carbocycles. The highest BCUT2D eigenvalue weighted by atomic mass is 19.4. The summed E-state index contributed by atoms with van der Waals surface area (Å²) in [7, 11) is 0. The second kappa shape index (κ2) is 4.13. The number of rotatable bonds is 4. The van der Waals surface area contributed by atoms with Crippen LogP contribution in [0.3, 0.4) is 0 Å². The highest BCUT2D eigenvalue weighted by Gasteiger charge is 2.63. The normalized spacial score (nSPS) is 16.6. The zero-order valence-electron chi connectivity index (χ0n) is 7.52. The predicted octanol–water partition coefficient (Wildman–Crippen LogP) is 3.96. The first kappa shape index (κ1) is 14.4. The van der Waals surface area contributed by atoms with E-state index in [-0.39, 0.29) is 0 Å². The van der Waals surface area contributed by atoms with Gasteiger partial charge in [-0.1, -0.05) is 6.92 Å². The van der Waals surface area contributed by atoms with E-state index in [1.807, 2.05) is 0 Å². The highest BCUT2D eigenvalue weighted by Crippen LogP contribution is 2.44. The van der Waals surface area contributed by atoms with Crippen molar-refractivity contribution in [2.75, 3.05) is 0 Å². The summed E-state index contributed by atoms with van der Waals surface area (Å²) in [4.78, 5) is 0. The first-order valence-corrected chi connectivity index (χ1v) is 3.90. The van der Waals surface area contributed by atoms with E-state index in [2.05, 4.69) is 0 Å². The van der Waals surface area contributed by atoms with Crippen LogP contribution in [0.1, 0.15) is 19.8 Å². The van der Waals surface area contributed by atoms with E-state index >= 15 is 0 Å². The Morgan fingerprint density at radius 2 is 1.33 bits per heavy atom. The Balaban J connectivity index is 4.72. The molecule has 0 nitrogen and oxygen atoms in total. The van der Waals surface area contributed by atoms with E-state index in [0.717, 1.165) is 6.92 Å². The Labute approximate surface area is 80.3 Å². The molecule has 0 heterocycles. The van der Waals surface area contributed by atoms with Gasteiger partial charge in [-0.3, -0.25) is 0 Å². The maximum absolute atomic E-state index is 12.5. The summed E-state index contributed by atoms with van der Waals surface area (Å²) in [5, 5.41) is 0. The standard InChI is InChI=1S/C7H8F8/c1-2-4(8)5(9,10)3-6(11,12)7(13,14)15/h4H,2-3H2,1H3/t4-/m0/s1. The molecular formula is C7H8F8. The molecule has 0 bridgehead atoms.